The van der Waals surface area contributed by atoms with Gasteiger partial charge >= 0.3 is 6.03 Å². The standard InChI is InChI=1S/C18H21N3O4/c22-14-9-12-3-1-2-4-13(12)18(14)5-7-20(8-6-18)16(24)11-21-15(23)10-19-17(21)25/h1-4,14,22H,5-11H2,(H,19,25)/t14-/m0/s1. The van der Waals surface area contributed by atoms with Gasteiger partial charge in [-0.25, -0.2) is 4.79 Å². The summed E-state index contributed by atoms with van der Waals surface area (Å²) in [6.07, 6.45) is 1.62. The molecule has 2 saturated heterocycles. The van der Waals surface area contributed by atoms with Crippen LogP contribution in [0.15, 0.2) is 24.3 Å². The number of nitrogens with one attached hydrogen (secondary N) is 1. The fourth-order valence-electron chi connectivity index (χ4n) is 4.38. The molecule has 25 heavy (non-hydrogen) atoms. The molecule has 2 aliphatic heterocycles. The van der Waals surface area contributed by atoms with Crippen LogP contribution < -0.4 is 5.32 Å². The first-order valence-corrected chi connectivity index (χ1v) is 8.64. The first kappa shape index (κ1) is 16.1. The Bertz CT molecular complexity index is 724. The van der Waals surface area contributed by atoms with Gasteiger partial charge in [-0.15, -0.1) is 0 Å². The maximum absolute atomic E-state index is 12.5. The van der Waals surface area contributed by atoms with E-state index < -0.39 is 12.1 Å². The van der Waals surface area contributed by atoms with E-state index in [9.17, 15) is 19.5 Å². The number of aliphatic hydroxyl groups excluding tert-OH is 1. The van der Waals surface area contributed by atoms with Crippen molar-refractivity contribution in [3.8, 4) is 0 Å². The number of likely N-dealkylation sites (tertiary alicyclic amines) is 1. The van der Waals surface area contributed by atoms with Gasteiger partial charge < -0.3 is 15.3 Å². The second-order valence-electron chi connectivity index (χ2n) is 7.05. The Kier molecular flexibility index (Phi) is 3.76. The number of piperidine rings is 1. The third-order valence-corrected chi connectivity index (χ3v) is 5.84. The molecule has 0 unspecified atom stereocenters. The van der Waals surface area contributed by atoms with E-state index >= 15 is 0 Å². The Hall–Kier alpha value is -2.41. The van der Waals surface area contributed by atoms with Crippen molar-refractivity contribution in [1.29, 1.82) is 0 Å². The van der Waals surface area contributed by atoms with Crippen molar-refractivity contribution in [2.75, 3.05) is 26.2 Å². The quantitative estimate of drug-likeness (QED) is 0.741. The zero-order chi connectivity index (χ0) is 17.6. The van der Waals surface area contributed by atoms with Gasteiger partial charge in [0.1, 0.15) is 6.54 Å². The van der Waals surface area contributed by atoms with E-state index in [2.05, 4.69) is 17.4 Å². The zero-order valence-electron chi connectivity index (χ0n) is 13.9. The number of amides is 4. The predicted octanol–water partition coefficient (Wildman–Crippen LogP) is 0.0156. The van der Waals surface area contributed by atoms with Crippen LogP contribution >= 0.6 is 0 Å². The molecule has 0 saturated carbocycles. The van der Waals surface area contributed by atoms with Crippen LogP contribution in [0, 0.1) is 0 Å². The average molecular weight is 343 g/mol. The molecule has 132 valence electrons. The molecular weight excluding hydrogens is 322 g/mol. The van der Waals surface area contributed by atoms with Crippen LogP contribution in [0.25, 0.3) is 0 Å². The van der Waals surface area contributed by atoms with Crippen LogP contribution in [-0.4, -0.2) is 65.0 Å². The number of carbonyl (C=O) groups is 3. The molecular formula is C18H21N3O4. The van der Waals surface area contributed by atoms with Gasteiger partial charge in [0.2, 0.25) is 5.91 Å². The third kappa shape index (κ3) is 2.50. The fraction of sp³-hybridized carbons (Fsp3) is 0.500. The summed E-state index contributed by atoms with van der Waals surface area (Å²) in [6.45, 7) is 0.788. The maximum atomic E-state index is 12.5. The smallest absolute Gasteiger partial charge is 0.325 e. The van der Waals surface area contributed by atoms with E-state index in [1.807, 2.05) is 12.1 Å². The molecule has 3 aliphatic rings. The molecule has 4 amide bonds. The van der Waals surface area contributed by atoms with Crippen molar-refractivity contribution in [2.45, 2.75) is 30.8 Å². The number of aliphatic hydroxyl groups is 1. The summed E-state index contributed by atoms with van der Waals surface area (Å²) in [4.78, 5) is 38.3. The van der Waals surface area contributed by atoms with Crippen LogP contribution in [0.2, 0.25) is 0 Å². The number of hydrogen-bond acceptors (Lipinski definition) is 4. The Labute approximate surface area is 145 Å². The van der Waals surface area contributed by atoms with E-state index in [1.54, 1.807) is 4.90 Å². The maximum Gasteiger partial charge on any atom is 0.325 e. The van der Waals surface area contributed by atoms with Gasteiger partial charge in [0, 0.05) is 18.5 Å². The van der Waals surface area contributed by atoms with Gasteiger partial charge in [0.05, 0.1) is 12.6 Å². The first-order chi connectivity index (χ1) is 12.0. The lowest BCUT2D eigenvalue weighted by Gasteiger charge is -2.42. The minimum atomic E-state index is -0.507. The van der Waals surface area contributed by atoms with Gasteiger partial charge in [-0.05, 0) is 30.4 Å². The third-order valence-electron chi connectivity index (χ3n) is 5.84. The minimum absolute atomic E-state index is 0.0435. The summed E-state index contributed by atoms with van der Waals surface area (Å²) < 4.78 is 0. The van der Waals surface area contributed by atoms with Crippen molar-refractivity contribution in [1.82, 2.24) is 15.1 Å². The molecule has 1 atom stereocenters. The Balaban J connectivity index is 1.44. The molecule has 2 N–H and O–H groups in total. The monoisotopic (exact) mass is 343 g/mol. The number of rotatable bonds is 2. The van der Waals surface area contributed by atoms with Crippen LogP contribution in [0.5, 0.6) is 0 Å². The highest BCUT2D eigenvalue weighted by Crippen LogP contribution is 2.46. The van der Waals surface area contributed by atoms with Crippen LogP contribution in [0.1, 0.15) is 24.0 Å². The van der Waals surface area contributed by atoms with Crippen molar-refractivity contribution >= 4 is 17.8 Å². The summed E-state index contributed by atoms with van der Waals surface area (Å²) >= 11 is 0. The van der Waals surface area contributed by atoms with Crippen LogP contribution in [-0.2, 0) is 21.4 Å². The molecule has 4 rings (SSSR count). The fourth-order valence-corrected chi connectivity index (χ4v) is 4.38. The molecule has 1 aromatic rings. The highest BCUT2D eigenvalue weighted by Gasteiger charge is 2.48. The van der Waals surface area contributed by atoms with E-state index in [4.69, 9.17) is 0 Å². The van der Waals surface area contributed by atoms with E-state index in [0.29, 0.717) is 32.4 Å². The minimum Gasteiger partial charge on any atom is -0.392 e. The summed E-state index contributed by atoms with van der Waals surface area (Å²) in [5.41, 5.74) is 2.10. The summed E-state index contributed by atoms with van der Waals surface area (Å²) in [5.74, 6) is -0.590. The molecule has 1 aromatic carbocycles. The number of benzene rings is 1. The van der Waals surface area contributed by atoms with Gasteiger partial charge in [-0.1, -0.05) is 24.3 Å². The lowest BCUT2D eigenvalue weighted by molar-refractivity contribution is -0.138. The van der Waals surface area contributed by atoms with E-state index in [-0.39, 0.29) is 30.3 Å². The number of urea groups is 1. The highest BCUT2D eigenvalue weighted by atomic mass is 16.3. The predicted molar refractivity (Wildman–Crippen MR) is 88.8 cm³/mol. The van der Waals surface area contributed by atoms with Crippen molar-refractivity contribution in [3.05, 3.63) is 35.4 Å². The second kappa shape index (κ2) is 5.84. The van der Waals surface area contributed by atoms with Crippen LogP contribution in [0.4, 0.5) is 4.79 Å². The van der Waals surface area contributed by atoms with Gasteiger partial charge in [-0.2, -0.15) is 0 Å². The normalized spacial score (nSPS) is 24.6. The Morgan fingerprint density at radius 3 is 2.64 bits per heavy atom. The summed E-state index contributed by atoms with van der Waals surface area (Å²) in [7, 11) is 0. The lowest BCUT2D eigenvalue weighted by Crippen LogP contribution is -2.51. The lowest BCUT2D eigenvalue weighted by atomic mass is 9.72. The van der Waals surface area contributed by atoms with E-state index in [0.717, 1.165) is 4.90 Å². The van der Waals surface area contributed by atoms with Gasteiger partial charge in [0.15, 0.2) is 0 Å². The molecule has 7 heteroatoms. The average Bonchev–Trinajstić information content (AvgIpc) is 3.07. The van der Waals surface area contributed by atoms with Crippen LogP contribution in [0.3, 0.4) is 0 Å². The molecule has 0 aromatic heterocycles. The van der Waals surface area contributed by atoms with Crippen molar-refractivity contribution < 1.29 is 19.5 Å². The zero-order valence-corrected chi connectivity index (χ0v) is 13.9. The molecule has 0 bridgehead atoms. The van der Waals surface area contributed by atoms with Crippen molar-refractivity contribution in [3.63, 3.8) is 0 Å². The molecule has 0 radical (unpaired) electrons. The number of carbonyl (C=O) groups excluding carboxylic acids is 3. The number of nitrogens with zero attached hydrogens (tertiary/aromatic N) is 2. The highest BCUT2D eigenvalue weighted by molar-refractivity contribution is 6.04. The summed E-state index contributed by atoms with van der Waals surface area (Å²) in [5, 5.41) is 13.1. The van der Waals surface area contributed by atoms with Crippen molar-refractivity contribution in [2.24, 2.45) is 0 Å². The SMILES string of the molecule is O=C(CN1C(=O)CNC1=O)N1CCC2(CC1)c1ccccc1C[C@@H]2O. The largest absolute Gasteiger partial charge is 0.392 e. The summed E-state index contributed by atoms with van der Waals surface area (Å²) in [6, 6.07) is 7.61. The number of fused-ring (bicyclic) bond motifs is 2. The topological polar surface area (TPSA) is 90.0 Å². The number of hydrogen-bond donors (Lipinski definition) is 2. The Morgan fingerprint density at radius 1 is 1.24 bits per heavy atom. The first-order valence-electron chi connectivity index (χ1n) is 8.64. The van der Waals surface area contributed by atoms with Gasteiger partial charge in [-0.3, -0.25) is 14.5 Å². The molecule has 1 spiro atoms. The second-order valence-corrected chi connectivity index (χ2v) is 7.05. The van der Waals surface area contributed by atoms with E-state index in [1.165, 1.54) is 11.1 Å². The number of imide groups is 1. The molecule has 1 aliphatic carbocycles. The van der Waals surface area contributed by atoms with Gasteiger partial charge in [0.25, 0.3) is 5.91 Å². The molecule has 7 nitrogen and oxygen atoms in total. The molecule has 2 fully saturated rings. The Morgan fingerprint density at radius 2 is 1.96 bits per heavy atom. The molecule has 2 heterocycles.